The molecule has 0 radical (unpaired) electrons. The highest BCUT2D eigenvalue weighted by Gasteiger charge is 2.38. The van der Waals surface area contributed by atoms with Crippen LogP contribution in [-0.2, 0) is 9.59 Å². The van der Waals surface area contributed by atoms with E-state index in [1.54, 1.807) is 32.4 Å². The standard InChI is InChI=1S/C19H26N2O4/c1-24-15-8-9-17(25-2)16(11-15)20-19(23)13-10-18(22)21(12-13)14-6-4-3-5-7-14/h8-9,11,13-14H,3-7,10,12H2,1-2H3,(H,20,23). The lowest BCUT2D eigenvalue weighted by molar-refractivity contribution is -0.130. The summed E-state index contributed by atoms with van der Waals surface area (Å²) in [7, 11) is 3.13. The van der Waals surface area contributed by atoms with E-state index < -0.39 is 0 Å². The highest BCUT2D eigenvalue weighted by molar-refractivity contribution is 5.98. The molecule has 6 heteroatoms. The molecular weight excluding hydrogens is 320 g/mol. The highest BCUT2D eigenvalue weighted by atomic mass is 16.5. The maximum absolute atomic E-state index is 12.7. The molecule has 2 aliphatic rings. The van der Waals surface area contributed by atoms with E-state index in [9.17, 15) is 9.59 Å². The quantitative estimate of drug-likeness (QED) is 0.890. The van der Waals surface area contributed by atoms with Crippen LogP contribution in [0.3, 0.4) is 0 Å². The van der Waals surface area contributed by atoms with Crippen molar-refractivity contribution < 1.29 is 19.1 Å². The number of benzene rings is 1. The van der Waals surface area contributed by atoms with Gasteiger partial charge in [-0.05, 0) is 25.0 Å². The van der Waals surface area contributed by atoms with Gasteiger partial charge in [0.15, 0.2) is 0 Å². The third-order valence-electron chi connectivity index (χ3n) is 5.21. The normalized spacial score (nSPS) is 21.3. The Labute approximate surface area is 148 Å². The van der Waals surface area contributed by atoms with Crippen molar-refractivity contribution in [1.29, 1.82) is 0 Å². The van der Waals surface area contributed by atoms with Crippen LogP contribution in [0, 0.1) is 5.92 Å². The van der Waals surface area contributed by atoms with Crippen molar-refractivity contribution in [1.82, 2.24) is 4.90 Å². The Morgan fingerprint density at radius 2 is 1.92 bits per heavy atom. The number of amides is 2. The van der Waals surface area contributed by atoms with E-state index in [2.05, 4.69) is 5.32 Å². The molecule has 136 valence electrons. The highest BCUT2D eigenvalue weighted by Crippen LogP contribution is 2.32. The van der Waals surface area contributed by atoms with Crippen molar-refractivity contribution >= 4 is 17.5 Å². The predicted molar refractivity (Wildman–Crippen MR) is 94.9 cm³/mol. The van der Waals surface area contributed by atoms with Crippen molar-refractivity contribution in [2.75, 3.05) is 26.1 Å². The van der Waals surface area contributed by atoms with Gasteiger partial charge in [-0.2, -0.15) is 0 Å². The summed E-state index contributed by atoms with van der Waals surface area (Å²) in [4.78, 5) is 27.0. The monoisotopic (exact) mass is 346 g/mol. The third kappa shape index (κ3) is 3.89. The minimum Gasteiger partial charge on any atom is -0.497 e. The summed E-state index contributed by atoms with van der Waals surface area (Å²) < 4.78 is 10.5. The molecule has 1 saturated carbocycles. The van der Waals surface area contributed by atoms with E-state index in [1.165, 1.54) is 19.3 Å². The number of likely N-dealkylation sites (tertiary alicyclic amines) is 1. The average Bonchev–Trinajstić information content (AvgIpc) is 3.04. The zero-order valence-corrected chi connectivity index (χ0v) is 14.9. The zero-order valence-electron chi connectivity index (χ0n) is 14.9. The lowest BCUT2D eigenvalue weighted by Gasteiger charge is -2.31. The Hall–Kier alpha value is -2.24. The van der Waals surface area contributed by atoms with Crippen LogP contribution >= 0.6 is 0 Å². The summed E-state index contributed by atoms with van der Waals surface area (Å²) in [5.74, 6) is 0.859. The molecule has 1 saturated heterocycles. The molecule has 1 heterocycles. The van der Waals surface area contributed by atoms with E-state index in [0.29, 0.717) is 29.8 Å². The number of nitrogens with zero attached hydrogens (tertiary/aromatic N) is 1. The predicted octanol–water partition coefficient (Wildman–Crippen LogP) is 2.82. The Morgan fingerprint density at radius 3 is 2.60 bits per heavy atom. The smallest absolute Gasteiger partial charge is 0.229 e. The largest absolute Gasteiger partial charge is 0.497 e. The molecule has 0 spiro atoms. The molecule has 3 rings (SSSR count). The van der Waals surface area contributed by atoms with Gasteiger partial charge >= 0.3 is 0 Å². The van der Waals surface area contributed by atoms with Gasteiger partial charge in [-0.25, -0.2) is 0 Å². The molecule has 0 aromatic heterocycles. The summed E-state index contributed by atoms with van der Waals surface area (Å²) in [5, 5.41) is 2.90. The molecule has 1 N–H and O–H groups in total. The Kier molecular flexibility index (Phi) is 5.46. The van der Waals surface area contributed by atoms with Gasteiger partial charge in [0.1, 0.15) is 11.5 Å². The molecule has 1 atom stereocenters. The van der Waals surface area contributed by atoms with Crippen LogP contribution in [0.1, 0.15) is 38.5 Å². The van der Waals surface area contributed by atoms with E-state index in [4.69, 9.17) is 9.47 Å². The first-order valence-corrected chi connectivity index (χ1v) is 8.94. The molecule has 2 amide bonds. The summed E-state index contributed by atoms with van der Waals surface area (Å²) in [6.45, 7) is 0.515. The van der Waals surface area contributed by atoms with Gasteiger partial charge in [0, 0.05) is 25.1 Å². The van der Waals surface area contributed by atoms with Crippen LogP contribution in [0.4, 0.5) is 5.69 Å². The fraction of sp³-hybridized carbons (Fsp3) is 0.579. The van der Waals surface area contributed by atoms with E-state index in [1.807, 2.05) is 4.90 Å². The topological polar surface area (TPSA) is 67.9 Å². The van der Waals surface area contributed by atoms with E-state index in [-0.39, 0.29) is 24.2 Å². The number of anilines is 1. The average molecular weight is 346 g/mol. The van der Waals surface area contributed by atoms with Crippen LogP contribution in [0.5, 0.6) is 11.5 Å². The minimum atomic E-state index is -0.315. The van der Waals surface area contributed by atoms with Gasteiger partial charge in [-0.15, -0.1) is 0 Å². The lowest BCUT2D eigenvalue weighted by Crippen LogP contribution is -2.38. The number of ether oxygens (including phenoxy) is 2. The summed E-state index contributed by atoms with van der Waals surface area (Å²) in [6.07, 6.45) is 6.00. The second kappa shape index (κ2) is 7.76. The Bertz CT molecular complexity index is 640. The summed E-state index contributed by atoms with van der Waals surface area (Å²) in [5.41, 5.74) is 0.565. The second-order valence-electron chi connectivity index (χ2n) is 6.79. The number of hydrogen-bond acceptors (Lipinski definition) is 4. The van der Waals surface area contributed by atoms with Crippen LogP contribution in [0.25, 0.3) is 0 Å². The van der Waals surface area contributed by atoms with Gasteiger partial charge in [0.25, 0.3) is 0 Å². The van der Waals surface area contributed by atoms with Crippen LogP contribution < -0.4 is 14.8 Å². The number of carbonyl (C=O) groups excluding carboxylic acids is 2. The molecule has 2 fully saturated rings. The first kappa shape index (κ1) is 17.6. The molecular formula is C19H26N2O4. The number of rotatable bonds is 5. The van der Waals surface area contributed by atoms with Crippen molar-refractivity contribution in [3.63, 3.8) is 0 Å². The van der Waals surface area contributed by atoms with Crippen LogP contribution in [-0.4, -0.2) is 43.5 Å². The molecule has 1 aromatic carbocycles. The van der Waals surface area contributed by atoms with Crippen LogP contribution in [0.2, 0.25) is 0 Å². The van der Waals surface area contributed by atoms with Gasteiger partial charge < -0.3 is 19.7 Å². The maximum Gasteiger partial charge on any atom is 0.229 e. The molecule has 0 bridgehead atoms. The Balaban J connectivity index is 1.67. The van der Waals surface area contributed by atoms with Crippen molar-refractivity contribution in [2.24, 2.45) is 5.92 Å². The number of carbonyl (C=O) groups is 2. The van der Waals surface area contributed by atoms with Crippen LogP contribution in [0.15, 0.2) is 18.2 Å². The Morgan fingerprint density at radius 1 is 1.16 bits per heavy atom. The van der Waals surface area contributed by atoms with Gasteiger partial charge in [0.05, 0.1) is 25.8 Å². The first-order valence-electron chi connectivity index (χ1n) is 8.94. The fourth-order valence-electron chi connectivity index (χ4n) is 3.80. The minimum absolute atomic E-state index is 0.102. The van der Waals surface area contributed by atoms with Gasteiger partial charge in [-0.1, -0.05) is 19.3 Å². The molecule has 1 aliphatic heterocycles. The first-order chi connectivity index (χ1) is 12.1. The van der Waals surface area contributed by atoms with Crippen molar-refractivity contribution in [3.05, 3.63) is 18.2 Å². The number of hydrogen-bond donors (Lipinski definition) is 1. The molecule has 6 nitrogen and oxygen atoms in total. The third-order valence-corrected chi connectivity index (χ3v) is 5.21. The number of nitrogens with one attached hydrogen (secondary N) is 1. The zero-order chi connectivity index (χ0) is 17.8. The maximum atomic E-state index is 12.7. The number of methoxy groups -OCH3 is 2. The second-order valence-corrected chi connectivity index (χ2v) is 6.79. The van der Waals surface area contributed by atoms with Crippen molar-refractivity contribution in [2.45, 2.75) is 44.6 Å². The molecule has 1 aliphatic carbocycles. The molecule has 25 heavy (non-hydrogen) atoms. The van der Waals surface area contributed by atoms with Gasteiger partial charge in [0.2, 0.25) is 11.8 Å². The van der Waals surface area contributed by atoms with E-state index >= 15 is 0 Å². The SMILES string of the molecule is COc1ccc(OC)c(NC(=O)C2CC(=O)N(C3CCCCC3)C2)c1. The lowest BCUT2D eigenvalue weighted by atomic mass is 9.94. The van der Waals surface area contributed by atoms with Crippen molar-refractivity contribution in [3.8, 4) is 11.5 Å². The summed E-state index contributed by atoms with van der Waals surface area (Å²) in [6, 6.07) is 5.57. The summed E-state index contributed by atoms with van der Waals surface area (Å²) >= 11 is 0. The molecule has 1 aromatic rings. The molecule has 1 unspecified atom stereocenters. The van der Waals surface area contributed by atoms with E-state index in [0.717, 1.165) is 12.8 Å². The fourth-order valence-corrected chi connectivity index (χ4v) is 3.80. The van der Waals surface area contributed by atoms with Gasteiger partial charge in [-0.3, -0.25) is 9.59 Å².